The van der Waals surface area contributed by atoms with Crippen LogP contribution in [-0.4, -0.2) is 21.9 Å². The van der Waals surface area contributed by atoms with Gasteiger partial charge in [-0.2, -0.15) is 18.3 Å². The Balaban J connectivity index is 2.34. The highest BCUT2D eigenvalue weighted by molar-refractivity contribution is 5.80. The van der Waals surface area contributed by atoms with Crippen LogP contribution in [0.2, 0.25) is 0 Å². The van der Waals surface area contributed by atoms with Crippen LogP contribution in [0.3, 0.4) is 0 Å². The number of fused-ring (bicyclic) bond motifs is 1. The van der Waals surface area contributed by atoms with Crippen molar-refractivity contribution >= 4 is 11.0 Å². The Bertz CT molecular complexity index is 957. The maximum Gasteiger partial charge on any atom is 0.418 e. The van der Waals surface area contributed by atoms with Gasteiger partial charge in [-0.05, 0) is 19.1 Å². The lowest BCUT2D eigenvalue weighted by atomic mass is 10.1. The molecule has 0 unspecified atom stereocenters. The summed E-state index contributed by atoms with van der Waals surface area (Å²) in [6, 6.07) is 6.46. The van der Waals surface area contributed by atoms with Crippen molar-refractivity contribution in [2.75, 3.05) is 7.11 Å². The summed E-state index contributed by atoms with van der Waals surface area (Å²) < 4.78 is 46.0. The topological polar surface area (TPSA) is 59.9 Å². The number of benzene rings is 1. The second-order valence-electron chi connectivity index (χ2n) is 5.33. The molecule has 3 rings (SSSR count). The zero-order valence-electron chi connectivity index (χ0n) is 12.9. The largest absolute Gasteiger partial charge is 0.418 e. The van der Waals surface area contributed by atoms with Gasteiger partial charge in [0.25, 0.3) is 0 Å². The number of rotatable bonds is 3. The summed E-state index contributed by atoms with van der Waals surface area (Å²) in [6.07, 6.45) is -4.53. The number of pyridine rings is 1. The molecule has 0 saturated heterocycles. The first kappa shape index (κ1) is 16.3. The van der Waals surface area contributed by atoms with E-state index in [1.165, 1.54) is 31.4 Å². The van der Waals surface area contributed by atoms with E-state index in [9.17, 15) is 18.0 Å². The van der Waals surface area contributed by atoms with Crippen molar-refractivity contribution in [1.82, 2.24) is 14.8 Å². The van der Waals surface area contributed by atoms with Crippen molar-refractivity contribution in [3.05, 3.63) is 57.5 Å². The Morgan fingerprint density at radius 1 is 1.29 bits per heavy atom. The molecule has 1 N–H and O–H groups in total. The van der Waals surface area contributed by atoms with Crippen molar-refractivity contribution < 1.29 is 17.9 Å². The molecule has 0 spiro atoms. The number of aryl methyl sites for hydroxylation is 1. The fourth-order valence-corrected chi connectivity index (χ4v) is 2.66. The minimum Gasteiger partial charge on any atom is -0.378 e. The first-order valence-corrected chi connectivity index (χ1v) is 7.10. The SMILES string of the molecule is COCc1cc(=O)c2c(C)nn(-c3ccccc3C(F)(F)F)c2[nH]1. The lowest BCUT2D eigenvalue weighted by Crippen LogP contribution is -2.12. The van der Waals surface area contributed by atoms with Gasteiger partial charge in [0.1, 0.15) is 5.65 Å². The van der Waals surface area contributed by atoms with Gasteiger partial charge in [0.05, 0.1) is 28.9 Å². The van der Waals surface area contributed by atoms with Gasteiger partial charge in [0, 0.05) is 18.9 Å². The van der Waals surface area contributed by atoms with Crippen LogP contribution >= 0.6 is 0 Å². The molecule has 0 atom stereocenters. The maximum atomic E-state index is 13.3. The van der Waals surface area contributed by atoms with E-state index in [4.69, 9.17) is 4.74 Å². The van der Waals surface area contributed by atoms with Crippen molar-refractivity contribution in [2.45, 2.75) is 19.7 Å². The monoisotopic (exact) mass is 337 g/mol. The number of para-hydroxylation sites is 1. The minimum absolute atomic E-state index is 0.135. The number of halogens is 3. The summed E-state index contributed by atoms with van der Waals surface area (Å²) in [7, 11) is 1.46. The molecule has 0 aliphatic rings. The molecular formula is C16H14F3N3O2. The molecule has 3 aromatic rings. The number of ether oxygens (including phenoxy) is 1. The van der Waals surface area contributed by atoms with Gasteiger partial charge in [-0.15, -0.1) is 0 Å². The van der Waals surface area contributed by atoms with Crippen LogP contribution in [0.15, 0.2) is 35.1 Å². The molecule has 8 heteroatoms. The van der Waals surface area contributed by atoms with Crippen LogP contribution in [0.1, 0.15) is 17.0 Å². The second-order valence-corrected chi connectivity index (χ2v) is 5.33. The van der Waals surface area contributed by atoms with Crippen LogP contribution in [0.25, 0.3) is 16.7 Å². The van der Waals surface area contributed by atoms with E-state index in [0.29, 0.717) is 11.4 Å². The van der Waals surface area contributed by atoms with Crippen LogP contribution in [0.4, 0.5) is 13.2 Å². The van der Waals surface area contributed by atoms with Gasteiger partial charge in [0.2, 0.25) is 0 Å². The van der Waals surface area contributed by atoms with Crippen molar-refractivity contribution in [1.29, 1.82) is 0 Å². The van der Waals surface area contributed by atoms with Crippen LogP contribution < -0.4 is 5.43 Å². The highest BCUT2D eigenvalue weighted by atomic mass is 19.4. The number of hydrogen-bond donors (Lipinski definition) is 1. The zero-order valence-corrected chi connectivity index (χ0v) is 12.9. The Morgan fingerprint density at radius 3 is 2.67 bits per heavy atom. The molecule has 0 aliphatic heterocycles. The highest BCUT2D eigenvalue weighted by Crippen LogP contribution is 2.34. The minimum atomic E-state index is -4.53. The van der Waals surface area contributed by atoms with Crippen molar-refractivity contribution in [3.8, 4) is 5.69 Å². The number of methoxy groups -OCH3 is 1. The van der Waals surface area contributed by atoms with Gasteiger partial charge < -0.3 is 9.72 Å². The van der Waals surface area contributed by atoms with Gasteiger partial charge >= 0.3 is 6.18 Å². The third kappa shape index (κ3) is 2.69. The average Bonchev–Trinajstić information content (AvgIpc) is 2.84. The molecule has 0 saturated carbocycles. The predicted molar refractivity (Wildman–Crippen MR) is 82.1 cm³/mol. The number of nitrogens with zero attached hydrogens (tertiary/aromatic N) is 2. The van der Waals surface area contributed by atoms with Gasteiger partial charge in [0.15, 0.2) is 5.43 Å². The molecule has 2 heterocycles. The summed E-state index contributed by atoms with van der Waals surface area (Å²) in [6.45, 7) is 1.72. The lowest BCUT2D eigenvalue weighted by Gasteiger charge is -2.13. The first-order valence-electron chi connectivity index (χ1n) is 7.10. The summed E-state index contributed by atoms with van der Waals surface area (Å²) in [5.74, 6) is 0. The molecule has 0 bridgehead atoms. The van der Waals surface area contributed by atoms with E-state index >= 15 is 0 Å². The fraction of sp³-hybridized carbons (Fsp3) is 0.250. The summed E-state index contributed by atoms with van der Waals surface area (Å²) in [5, 5.41) is 4.40. The number of hydrogen-bond acceptors (Lipinski definition) is 3. The molecule has 126 valence electrons. The van der Waals surface area contributed by atoms with Crippen LogP contribution in [0.5, 0.6) is 0 Å². The second kappa shape index (κ2) is 5.79. The predicted octanol–water partition coefficient (Wildman–Crippen LogP) is 3.19. The molecule has 1 aromatic carbocycles. The quantitative estimate of drug-likeness (QED) is 0.798. The lowest BCUT2D eigenvalue weighted by molar-refractivity contribution is -0.137. The molecule has 2 aromatic heterocycles. The summed E-state index contributed by atoms with van der Waals surface area (Å²) in [4.78, 5) is 15.2. The van der Waals surface area contributed by atoms with E-state index in [0.717, 1.165) is 10.7 Å². The number of aromatic amines is 1. The van der Waals surface area contributed by atoms with E-state index in [2.05, 4.69) is 10.1 Å². The van der Waals surface area contributed by atoms with E-state index in [1.807, 2.05) is 0 Å². The number of nitrogens with one attached hydrogen (secondary N) is 1. The van der Waals surface area contributed by atoms with Crippen molar-refractivity contribution in [2.24, 2.45) is 0 Å². The summed E-state index contributed by atoms with van der Waals surface area (Å²) in [5.41, 5.74) is -0.263. The normalized spacial score (nSPS) is 12.0. The van der Waals surface area contributed by atoms with E-state index in [-0.39, 0.29) is 28.8 Å². The first-order chi connectivity index (χ1) is 11.3. The average molecular weight is 337 g/mol. The smallest absolute Gasteiger partial charge is 0.378 e. The number of aromatic nitrogens is 3. The fourth-order valence-electron chi connectivity index (χ4n) is 2.66. The molecule has 0 amide bonds. The van der Waals surface area contributed by atoms with Crippen LogP contribution in [0, 0.1) is 6.92 Å². The van der Waals surface area contributed by atoms with E-state index < -0.39 is 11.7 Å². The van der Waals surface area contributed by atoms with Crippen molar-refractivity contribution in [3.63, 3.8) is 0 Å². The van der Waals surface area contributed by atoms with Gasteiger partial charge in [-0.1, -0.05) is 12.1 Å². The third-order valence-corrected chi connectivity index (χ3v) is 3.63. The molecule has 5 nitrogen and oxygen atoms in total. The van der Waals surface area contributed by atoms with Crippen LogP contribution in [-0.2, 0) is 17.5 Å². The molecular weight excluding hydrogens is 323 g/mol. The number of alkyl halides is 3. The Hall–Kier alpha value is -2.61. The Labute approximate surface area is 134 Å². The molecule has 0 fully saturated rings. The van der Waals surface area contributed by atoms with Gasteiger partial charge in [-0.25, -0.2) is 4.68 Å². The zero-order chi connectivity index (χ0) is 17.5. The van der Waals surface area contributed by atoms with Gasteiger partial charge in [-0.3, -0.25) is 4.79 Å². The Kier molecular flexibility index (Phi) is 3.92. The summed E-state index contributed by atoms with van der Waals surface area (Å²) >= 11 is 0. The molecule has 0 radical (unpaired) electrons. The Morgan fingerprint density at radius 2 is 2.00 bits per heavy atom. The maximum absolute atomic E-state index is 13.3. The highest BCUT2D eigenvalue weighted by Gasteiger charge is 2.34. The third-order valence-electron chi connectivity index (χ3n) is 3.63. The number of H-pyrrole nitrogens is 1. The van der Waals surface area contributed by atoms with E-state index in [1.54, 1.807) is 6.92 Å². The standard InChI is InChI=1S/C16H14F3N3O2/c1-9-14-13(23)7-10(8-24-2)20-15(14)22(21-9)12-6-4-3-5-11(12)16(17,18)19/h3-7H,8H2,1-2H3,(H,20,23). The molecule has 24 heavy (non-hydrogen) atoms. The molecule has 0 aliphatic carbocycles.